The molecule has 3 aromatic heterocycles. The summed E-state index contributed by atoms with van der Waals surface area (Å²) >= 11 is 0. The van der Waals surface area contributed by atoms with Crippen LogP contribution in [0.1, 0.15) is 34.3 Å². The first kappa shape index (κ1) is 17.0. The van der Waals surface area contributed by atoms with Crippen molar-refractivity contribution in [3.63, 3.8) is 0 Å². The summed E-state index contributed by atoms with van der Waals surface area (Å²) in [6.45, 7) is 4.02. The Hall–Kier alpha value is -3.48. The minimum absolute atomic E-state index is 0.198. The van der Waals surface area contributed by atoms with Crippen molar-refractivity contribution in [3.8, 4) is 5.82 Å². The van der Waals surface area contributed by atoms with Crippen molar-refractivity contribution < 1.29 is 9.32 Å². The predicted molar refractivity (Wildman–Crippen MR) is 101 cm³/mol. The number of amides is 1. The number of imidazole rings is 1. The molecule has 0 saturated heterocycles. The van der Waals surface area contributed by atoms with Gasteiger partial charge in [0.05, 0.1) is 16.7 Å². The Labute approximate surface area is 156 Å². The lowest BCUT2D eigenvalue weighted by molar-refractivity contribution is 0.0948. The summed E-state index contributed by atoms with van der Waals surface area (Å²) in [5, 5.41) is 6.90. The molecule has 0 atom stereocenters. The van der Waals surface area contributed by atoms with Gasteiger partial charge in [0, 0.05) is 18.3 Å². The molecule has 1 N–H and O–H groups in total. The number of aromatic nitrogens is 4. The van der Waals surface area contributed by atoms with E-state index in [1.807, 2.05) is 47.9 Å². The van der Waals surface area contributed by atoms with E-state index in [0.717, 1.165) is 22.4 Å². The van der Waals surface area contributed by atoms with Gasteiger partial charge < -0.3 is 9.84 Å². The molecule has 0 unspecified atom stereocenters. The topological polar surface area (TPSA) is 85.8 Å². The maximum Gasteiger partial charge on any atom is 0.257 e. The molecule has 4 rings (SSSR count). The van der Waals surface area contributed by atoms with Crippen LogP contribution in [0.25, 0.3) is 16.9 Å². The average Bonchev–Trinajstić information content (AvgIpc) is 3.29. The van der Waals surface area contributed by atoms with Gasteiger partial charge in [-0.05, 0) is 31.5 Å². The number of aryl methyl sites for hydroxylation is 2. The van der Waals surface area contributed by atoms with Crippen molar-refractivity contribution in [3.05, 3.63) is 71.5 Å². The maximum absolute atomic E-state index is 12.6. The highest BCUT2D eigenvalue weighted by Gasteiger charge is 2.19. The minimum Gasteiger partial charge on any atom is -0.361 e. The van der Waals surface area contributed by atoms with E-state index >= 15 is 0 Å². The van der Waals surface area contributed by atoms with Crippen LogP contribution >= 0.6 is 0 Å². The summed E-state index contributed by atoms with van der Waals surface area (Å²) in [5.41, 5.74) is 3.92. The van der Waals surface area contributed by atoms with Crippen LogP contribution in [0.3, 0.4) is 0 Å². The Balaban J connectivity index is 1.62. The number of rotatable bonds is 5. The van der Waals surface area contributed by atoms with E-state index in [4.69, 9.17) is 4.52 Å². The maximum atomic E-state index is 12.6. The van der Waals surface area contributed by atoms with Crippen molar-refractivity contribution in [2.24, 2.45) is 0 Å². The molecule has 3 heterocycles. The number of nitrogens with zero attached hydrogens (tertiary/aromatic N) is 4. The third-order valence-electron chi connectivity index (χ3n) is 4.48. The van der Waals surface area contributed by atoms with Crippen molar-refractivity contribution >= 4 is 16.9 Å². The van der Waals surface area contributed by atoms with E-state index in [-0.39, 0.29) is 5.91 Å². The van der Waals surface area contributed by atoms with Crippen LogP contribution in [-0.4, -0.2) is 25.6 Å². The van der Waals surface area contributed by atoms with Crippen molar-refractivity contribution in [1.82, 2.24) is 25.0 Å². The van der Waals surface area contributed by atoms with E-state index in [2.05, 4.69) is 20.4 Å². The van der Waals surface area contributed by atoms with E-state index in [0.29, 0.717) is 30.0 Å². The monoisotopic (exact) mass is 361 g/mol. The second-order valence-electron chi connectivity index (χ2n) is 6.19. The summed E-state index contributed by atoms with van der Waals surface area (Å²) < 4.78 is 7.08. The van der Waals surface area contributed by atoms with E-state index < -0.39 is 0 Å². The van der Waals surface area contributed by atoms with Crippen molar-refractivity contribution in [2.75, 3.05) is 0 Å². The molecule has 7 nitrogen and oxygen atoms in total. The van der Waals surface area contributed by atoms with Crippen LogP contribution in [-0.2, 0) is 13.0 Å². The van der Waals surface area contributed by atoms with Crippen LogP contribution in [0.15, 0.2) is 53.4 Å². The second kappa shape index (κ2) is 7.03. The zero-order chi connectivity index (χ0) is 18.8. The number of carbonyl (C=O) groups excluding carboxylic acids is 1. The summed E-state index contributed by atoms with van der Waals surface area (Å²) in [7, 11) is 0. The Morgan fingerprint density at radius 1 is 1.19 bits per heavy atom. The largest absolute Gasteiger partial charge is 0.361 e. The fourth-order valence-corrected chi connectivity index (χ4v) is 3.13. The number of benzene rings is 1. The first-order chi connectivity index (χ1) is 13.2. The number of carbonyl (C=O) groups is 1. The fourth-order valence-electron chi connectivity index (χ4n) is 3.13. The molecule has 0 spiro atoms. The van der Waals surface area contributed by atoms with E-state index in [9.17, 15) is 4.79 Å². The Kier molecular flexibility index (Phi) is 4.42. The Bertz CT molecular complexity index is 1110. The zero-order valence-corrected chi connectivity index (χ0v) is 15.1. The number of nitrogens with one attached hydrogen (secondary N) is 1. The van der Waals surface area contributed by atoms with Gasteiger partial charge in [0.25, 0.3) is 5.91 Å². The van der Waals surface area contributed by atoms with Gasteiger partial charge in [-0.15, -0.1) is 0 Å². The number of pyridine rings is 1. The Morgan fingerprint density at radius 2 is 2.04 bits per heavy atom. The SMILES string of the molecule is CCc1noc(C)c1C(=O)NCc1cccnc1-n1cnc2ccccc21. The van der Waals surface area contributed by atoms with E-state index in [1.54, 1.807) is 19.4 Å². The van der Waals surface area contributed by atoms with Gasteiger partial charge in [0.2, 0.25) is 0 Å². The molecule has 0 bridgehead atoms. The highest BCUT2D eigenvalue weighted by molar-refractivity contribution is 5.96. The molecular weight excluding hydrogens is 342 g/mol. The summed E-state index contributed by atoms with van der Waals surface area (Å²) in [4.78, 5) is 21.6. The van der Waals surface area contributed by atoms with Gasteiger partial charge in [-0.1, -0.05) is 30.3 Å². The summed E-state index contributed by atoms with van der Waals surface area (Å²) in [6.07, 6.45) is 4.12. The van der Waals surface area contributed by atoms with Gasteiger partial charge in [0.1, 0.15) is 23.5 Å². The quantitative estimate of drug-likeness (QED) is 0.590. The molecule has 27 heavy (non-hydrogen) atoms. The van der Waals surface area contributed by atoms with Crippen LogP contribution in [0.2, 0.25) is 0 Å². The van der Waals surface area contributed by atoms with Crippen LogP contribution in [0.5, 0.6) is 0 Å². The standard InChI is InChI=1S/C20H19N5O2/c1-3-15-18(13(2)27-24-15)20(26)22-11-14-7-6-10-21-19(14)25-12-23-16-8-4-5-9-17(16)25/h4-10,12H,3,11H2,1-2H3,(H,22,26). The van der Waals surface area contributed by atoms with E-state index in [1.165, 1.54) is 0 Å². The number of para-hydroxylation sites is 2. The highest BCUT2D eigenvalue weighted by Crippen LogP contribution is 2.20. The van der Waals surface area contributed by atoms with Crippen LogP contribution in [0, 0.1) is 6.92 Å². The number of hydrogen-bond donors (Lipinski definition) is 1. The molecule has 0 aliphatic rings. The first-order valence-corrected chi connectivity index (χ1v) is 8.78. The lowest BCUT2D eigenvalue weighted by Gasteiger charge is -2.11. The molecule has 1 amide bonds. The predicted octanol–water partition coefficient (Wildman–Crippen LogP) is 3.21. The molecule has 0 saturated carbocycles. The van der Waals surface area contributed by atoms with Crippen LogP contribution in [0.4, 0.5) is 0 Å². The zero-order valence-electron chi connectivity index (χ0n) is 15.1. The molecule has 0 radical (unpaired) electrons. The molecule has 7 heteroatoms. The van der Waals surface area contributed by atoms with Gasteiger partial charge in [-0.2, -0.15) is 0 Å². The number of hydrogen-bond acceptors (Lipinski definition) is 5. The number of fused-ring (bicyclic) bond motifs is 1. The van der Waals surface area contributed by atoms with Gasteiger partial charge >= 0.3 is 0 Å². The lowest BCUT2D eigenvalue weighted by Crippen LogP contribution is -2.25. The summed E-state index contributed by atoms with van der Waals surface area (Å²) in [6, 6.07) is 11.7. The summed E-state index contributed by atoms with van der Waals surface area (Å²) in [5.74, 6) is 1.07. The second-order valence-corrected chi connectivity index (χ2v) is 6.19. The third kappa shape index (κ3) is 3.08. The average molecular weight is 361 g/mol. The molecule has 0 aliphatic carbocycles. The minimum atomic E-state index is -0.198. The highest BCUT2D eigenvalue weighted by atomic mass is 16.5. The molecule has 0 fully saturated rings. The molecule has 136 valence electrons. The van der Waals surface area contributed by atoms with Crippen molar-refractivity contribution in [1.29, 1.82) is 0 Å². The molecule has 1 aromatic carbocycles. The smallest absolute Gasteiger partial charge is 0.257 e. The molecular formula is C20H19N5O2. The Morgan fingerprint density at radius 3 is 2.89 bits per heavy atom. The third-order valence-corrected chi connectivity index (χ3v) is 4.48. The lowest BCUT2D eigenvalue weighted by atomic mass is 10.1. The fraction of sp³-hybridized carbons (Fsp3) is 0.200. The normalized spacial score (nSPS) is 11.0. The van der Waals surface area contributed by atoms with Crippen LogP contribution < -0.4 is 5.32 Å². The van der Waals surface area contributed by atoms with Gasteiger partial charge in [0.15, 0.2) is 0 Å². The van der Waals surface area contributed by atoms with Gasteiger partial charge in [-0.3, -0.25) is 9.36 Å². The van der Waals surface area contributed by atoms with Crippen molar-refractivity contribution in [2.45, 2.75) is 26.8 Å². The molecule has 0 aliphatic heterocycles. The molecule has 4 aromatic rings. The van der Waals surface area contributed by atoms with Gasteiger partial charge in [-0.25, -0.2) is 9.97 Å². The first-order valence-electron chi connectivity index (χ1n) is 8.78.